The van der Waals surface area contributed by atoms with Gasteiger partial charge >= 0.3 is 4.87 Å². The molecule has 1 amide bonds. The topological polar surface area (TPSA) is 97.5 Å². The third-order valence-electron chi connectivity index (χ3n) is 6.09. The van der Waals surface area contributed by atoms with Crippen molar-refractivity contribution < 1.29 is 9.90 Å². The molecule has 1 atom stereocenters. The van der Waals surface area contributed by atoms with E-state index in [4.69, 9.17) is 23.2 Å². The molecule has 37 heavy (non-hydrogen) atoms. The molecule has 0 fully saturated rings. The number of H-pyrrole nitrogens is 1. The number of aromatic hydroxyl groups is 1. The molecule has 0 saturated carbocycles. The van der Waals surface area contributed by atoms with Crippen LogP contribution in [0.15, 0.2) is 35.1 Å². The highest BCUT2D eigenvalue weighted by atomic mass is 35.5. The highest BCUT2D eigenvalue weighted by Crippen LogP contribution is 2.28. The lowest BCUT2D eigenvalue weighted by Crippen LogP contribution is -2.50. The summed E-state index contributed by atoms with van der Waals surface area (Å²) in [5.41, 5.74) is 2.58. The van der Waals surface area contributed by atoms with E-state index in [1.54, 1.807) is 12.1 Å². The minimum Gasteiger partial charge on any atom is -0.506 e. The molecule has 0 bridgehead atoms. The van der Waals surface area contributed by atoms with Crippen molar-refractivity contribution in [1.82, 2.24) is 20.5 Å². The molecule has 10 heteroatoms. The number of aromatic nitrogens is 1. The number of nitrogens with one attached hydrogen (secondary N) is 3. The predicted molar refractivity (Wildman–Crippen MR) is 154 cm³/mol. The number of halogens is 2. The Hall–Kier alpha value is -2.10. The van der Waals surface area contributed by atoms with Gasteiger partial charge in [-0.1, -0.05) is 67.4 Å². The van der Waals surface area contributed by atoms with Crippen LogP contribution in [-0.2, 0) is 17.6 Å². The van der Waals surface area contributed by atoms with Gasteiger partial charge in [-0.2, -0.15) is 0 Å². The van der Waals surface area contributed by atoms with Crippen molar-refractivity contribution in [1.29, 1.82) is 0 Å². The van der Waals surface area contributed by atoms with E-state index in [1.807, 2.05) is 25.1 Å². The van der Waals surface area contributed by atoms with Crippen molar-refractivity contribution in [2.45, 2.75) is 46.6 Å². The van der Waals surface area contributed by atoms with Crippen LogP contribution in [0.4, 0.5) is 0 Å². The van der Waals surface area contributed by atoms with Crippen molar-refractivity contribution in [3.05, 3.63) is 61.2 Å². The molecule has 2 aromatic carbocycles. The first kappa shape index (κ1) is 29.5. The molecule has 1 heterocycles. The first-order chi connectivity index (χ1) is 17.4. The number of carbonyl (C=O) groups excluding carboxylic acids is 1. The number of aromatic amines is 1. The lowest BCUT2D eigenvalue weighted by atomic mass is 9.95. The molecule has 0 aliphatic heterocycles. The Bertz CT molecular complexity index is 1270. The van der Waals surface area contributed by atoms with Crippen LogP contribution in [0.25, 0.3) is 10.2 Å². The lowest BCUT2D eigenvalue weighted by Gasteiger charge is -2.34. The van der Waals surface area contributed by atoms with E-state index in [-0.39, 0.29) is 28.0 Å². The van der Waals surface area contributed by atoms with Gasteiger partial charge in [-0.05, 0) is 61.1 Å². The summed E-state index contributed by atoms with van der Waals surface area (Å²) < 4.78 is 0.798. The number of hydrogen-bond acceptors (Lipinski definition) is 6. The number of benzene rings is 2. The standard InChI is InChI=1S/C27H36Cl2N4O3S/c1-17(25(35)31-12-9-18-5-7-20(28)21(29)15-18)33(16-27(2,3)4)14-13-30-11-10-19-6-8-22(34)23-24(19)37-26(36)32-23/h5-8,15,17,30,34H,9-14,16H2,1-4H3,(H,31,35)(H,32,36)/t17-/m0/s1. The predicted octanol–water partition coefficient (Wildman–Crippen LogP) is 4.83. The molecule has 3 rings (SSSR count). The summed E-state index contributed by atoms with van der Waals surface area (Å²) in [6.45, 7) is 11.9. The molecule has 0 radical (unpaired) electrons. The van der Waals surface area contributed by atoms with E-state index in [2.05, 4.69) is 41.3 Å². The van der Waals surface area contributed by atoms with Gasteiger partial charge in [0.15, 0.2) is 0 Å². The summed E-state index contributed by atoms with van der Waals surface area (Å²) in [7, 11) is 0. The zero-order chi connectivity index (χ0) is 27.2. The number of hydrogen-bond donors (Lipinski definition) is 4. The van der Waals surface area contributed by atoms with Crippen LogP contribution < -0.4 is 15.5 Å². The number of thiazole rings is 1. The number of fused-ring (bicyclic) bond motifs is 1. The number of nitrogens with zero attached hydrogens (tertiary/aromatic N) is 1. The lowest BCUT2D eigenvalue weighted by molar-refractivity contribution is -0.126. The van der Waals surface area contributed by atoms with Crippen LogP contribution in [0, 0.1) is 5.41 Å². The molecule has 3 aromatic rings. The average Bonchev–Trinajstić information content (AvgIpc) is 3.23. The number of rotatable bonds is 12. The molecular formula is C27H36Cl2N4O3S. The zero-order valence-corrected chi connectivity index (χ0v) is 24.1. The zero-order valence-electron chi connectivity index (χ0n) is 21.8. The van der Waals surface area contributed by atoms with Gasteiger partial charge in [-0.3, -0.25) is 14.5 Å². The van der Waals surface area contributed by atoms with Crippen molar-refractivity contribution >= 4 is 50.7 Å². The summed E-state index contributed by atoms with van der Waals surface area (Å²) in [4.78, 5) is 29.4. The number of amides is 1. The first-order valence-corrected chi connectivity index (χ1v) is 14.0. The minimum atomic E-state index is -0.274. The molecule has 0 unspecified atom stereocenters. The fourth-order valence-corrected chi connectivity index (χ4v) is 5.42. The van der Waals surface area contributed by atoms with Gasteiger partial charge in [0.2, 0.25) is 5.91 Å². The molecule has 7 nitrogen and oxygen atoms in total. The highest BCUT2D eigenvalue weighted by Gasteiger charge is 2.25. The summed E-state index contributed by atoms with van der Waals surface area (Å²) >= 11 is 13.2. The summed E-state index contributed by atoms with van der Waals surface area (Å²) in [6, 6.07) is 8.72. The van der Waals surface area contributed by atoms with Gasteiger partial charge in [-0.15, -0.1) is 0 Å². The fourth-order valence-electron chi connectivity index (χ4n) is 4.20. The first-order valence-electron chi connectivity index (χ1n) is 12.4. The summed E-state index contributed by atoms with van der Waals surface area (Å²) in [6.07, 6.45) is 1.41. The molecular weight excluding hydrogens is 531 g/mol. The van der Waals surface area contributed by atoms with Crippen molar-refractivity contribution in [3.63, 3.8) is 0 Å². The van der Waals surface area contributed by atoms with Crippen molar-refractivity contribution in [3.8, 4) is 5.75 Å². The second-order valence-corrected chi connectivity index (χ2v) is 12.3. The van der Waals surface area contributed by atoms with E-state index in [0.717, 1.165) is 59.8 Å². The summed E-state index contributed by atoms with van der Waals surface area (Å²) in [5, 5.41) is 17.5. The Morgan fingerprint density at radius 3 is 2.57 bits per heavy atom. The van der Waals surface area contributed by atoms with Gasteiger partial charge in [0.25, 0.3) is 0 Å². The molecule has 0 saturated heterocycles. The van der Waals surface area contributed by atoms with Gasteiger partial charge in [0.05, 0.1) is 20.8 Å². The molecule has 0 aliphatic rings. The normalized spacial score (nSPS) is 12.8. The number of phenols is 1. The fraction of sp³-hybridized carbons (Fsp3) is 0.481. The van der Waals surface area contributed by atoms with Crippen LogP contribution in [0.3, 0.4) is 0 Å². The second-order valence-electron chi connectivity index (χ2n) is 10.5. The number of carbonyl (C=O) groups is 1. The average molecular weight is 568 g/mol. The van der Waals surface area contributed by atoms with E-state index in [0.29, 0.717) is 28.5 Å². The number of phenolic OH excluding ortho intramolecular Hbond substituents is 1. The Morgan fingerprint density at radius 2 is 1.86 bits per heavy atom. The smallest absolute Gasteiger partial charge is 0.305 e. The molecule has 0 aliphatic carbocycles. The largest absolute Gasteiger partial charge is 0.506 e. The highest BCUT2D eigenvalue weighted by molar-refractivity contribution is 7.16. The van der Waals surface area contributed by atoms with Gasteiger partial charge in [0, 0.05) is 26.2 Å². The van der Waals surface area contributed by atoms with E-state index >= 15 is 0 Å². The molecule has 0 spiro atoms. The maximum Gasteiger partial charge on any atom is 0.305 e. The van der Waals surface area contributed by atoms with Crippen molar-refractivity contribution in [2.75, 3.05) is 32.7 Å². The van der Waals surface area contributed by atoms with Crippen LogP contribution in [0.2, 0.25) is 10.0 Å². The monoisotopic (exact) mass is 566 g/mol. The van der Waals surface area contributed by atoms with E-state index in [1.165, 1.54) is 0 Å². The third kappa shape index (κ3) is 8.72. The van der Waals surface area contributed by atoms with Gasteiger partial charge < -0.3 is 20.7 Å². The maximum absolute atomic E-state index is 12.9. The van der Waals surface area contributed by atoms with Gasteiger partial charge in [0.1, 0.15) is 11.3 Å². The Kier molecular flexibility index (Phi) is 10.4. The third-order valence-corrected chi connectivity index (χ3v) is 7.78. The second kappa shape index (κ2) is 13.1. The van der Waals surface area contributed by atoms with Crippen LogP contribution in [0.1, 0.15) is 38.8 Å². The van der Waals surface area contributed by atoms with Crippen LogP contribution >= 0.6 is 34.5 Å². The SMILES string of the molecule is C[C@@H](C(=O)NCCc1ccc(Cl)c(Cl)c1)N(CCNCCc1ccc(O)c2[nH]c(=O)sc12)CC(C)(C)C. The van der Waals surface area contributed by atoms with E-state index < -0.39 is 0 Å². The Morgan fingerprint density at radius 1 is 1.11 bits per heavy atom. The van der Waals surface area contributed by atoms with Crippen LogP contribution in [-0.4, -0.2) is 59.7 Å². The molecule has 1 aromatic heterocycles. The maximum atomic E-state index is 12.9. The van der Waals surface area contributed by atoms with Gasteiger partial charge in [-0.25, -0.2) is 0 Å². The minimum absolute atomic E-state index is 0.00171. The molecule has 4 N–H and O–H groups in total. The van der Waals surface area contributed by atoms with Crippen molar-refractivity contribution in [2.24, 2.45) is 5.41 Å². The Labute approximate surface area is 232 Å². The molecule has 202 valence electrons. The van der Waals surface area contributed by atoms with E-state index in [9.17, 15) is 14.7 Å². The summed E-state index contributed by atoms with van der Waals surface area (Å²) in [5.74, 6) is 0.0882. The quantitative estimate of drug-likeness (QED) is 0.235. The van der Waals surface area contributed by atoms with Crippen LogP contribution in [0.5, 0.6) is 5.75 Å². The Balaban J connectivity index is 1.49.